The van der Waals surface area contributed by atoms with E-state index >= 15 is 0 Å². The molecule has 0 radical (unpaired) electrons. The zero-order valence-electron chi connectivity index (χ0n) is 11.3. The Kier molecular flexibility index (Phi) is 2.93. The van der Waals surface area contributed by atoms with Crippen molar-refractivity contribution in [3.05, 3.63) is 48.7 Å². The Balaban J connectivity index is 1.81. The molecule has 3 rings (SSSR count). The van der Waals surface area contributed by atoms with Crippen molar-refractivity contribution in [1.82, 2.24) is 4.98 Å². The van der Waals surface area contributed by atoms with Gasteiger partial charge in [-0.1, -0.05) is 24.8 Å². The molecule has 4 heteroatoms. The molecule has 0 saturated carbocycles. The predicted octanol–water partition coefficient (Wildman–Crippen LogP) is 2.88. The van der Waals surface area contributed by atoms with E-state index in [-0.39, 0.29) is 12.6 Å². The third-order valence-electron chi connectivity index (χ3n) is 3.34. The van der Waals surface area contributed by atoms with Gasteiger partial charge in [-0.3, -0.25) is 4.98 Å². The number of nitrogens with zero attached hydrogens (tertiary/aromatic N) is 1. The molecule has 1 fully saturated rings. The molecule has 1 aliphatic rings. The van der Waals surface area contributed by atoms with Crippen LogP contribution in [-0.2, 0) is 9.53 Å². The number of esters is 1. The Morgan fingerprint density at radius 1 is 1.40 bits per heavy atom. The lowest BCUT2D eigenvalue weighted by atomic mass is 10.0. The smallest absolute Gasteiger partial charge is 0.334 e. The lowest BCUT2D eigenvalue weighted by Gasteiger charge is -2.22. The molecule has 0 aliphatic carbocycles. The molecule has 1 aromatic carbocycles. The van der Waals surface area contributed by atoms with Crippen molar-refractivity contribution >= 4 is 16.9 Å². The number of hydrogen-bond donors (Lipinski definition) is 0. The number of ether oxygens (including phenoxy) is 2. The number of benzene rings is 1. The summed E-state index contributed by atoms with van der Waals surface area (Å²) in [6.07, 6.45) is 2.22. The Bertz CT molecular complexity index is 672. The van der Waals surface area contributed by atoms with Gasteiger partial charge in [-0.25, -0.2) is 4.79 Å². The highest BCUT2D eigenvalue weighted by Crippen LogP contribution is 2.31. The Labute approximate surface area is 117 Å². The molecule has 1 aromatic heterocycles. The van der Waals surface area contributed by atoms with Crippen LogP contribution in [0.3, 0.4) is 0 Å². The van der Waals surface area contributed by atoms with Crippen LogP contribution in [0.25, 0.3) is 10.9 Å². The van der Waals surface area contributed by atoms with Crippen molar-refractivity contribution in [3.63, 3.8) is 0 Å². The van der Waals surface area contributed by atoms with Crippen LogP contribution in [0, 0.1) is 0 Å². The molecule has 2 heterocycles. The summed E-state index contributed by atoms with van der Waals surface area (Å²) in [6, 6.07) is 9.63. The Hall–Kier alpha value is -2.36. The number of para-hydroxylation sites is 1. The minimum Gasteiger partial charge on any atom is -0.487 e. The van der Waals surface area contributed by atoms with E-state index in [2.05, 4.69) is 11.6 Å². The highest BCUT2D eigenvalue weighted by atomic mass is 16.6. The maximum atomic E-state index is 11.4. The number of rotatable bonds is 3. The summed E-state index contributed by atoms with van der Waals surface area (Å²) in [4.78, 5) is 15.8. The topological polar surface area (TPSA) is 48.4 Å². The Morgan fingerprint density at radius 3 is 2.95 bits per heavy atom. The number of pyridine rings is 1. The summed E-state index contributed by atoms with van der Waals surface area (Å²) in [5.41, 5.74) is 0.652. The van der Waals surface area contributed by atoms with Crippen molar-refractivity contribution in [2.75, 3.05) is 6.61 Å². The van der Waals surface area contributed by atoms with Crippen molar-refractivity contribution in [2.45, 2.75) is 18.9 Å². The second kappa shape index (κ2) is 4.63. The first kappa shape index (κ1) is 12.7. The van der Waals surface area contributed by atoms with Crippen LogP contribution in [0.4, 0.5) is 0 Å². The average Bonchev–Trinajstić information content (AvgIpc) is 2.70. The molecule has 0 spiro atoms. The molecule has 0 amide bonds. The normalized spacial score (nSPS) is 22.1. The van der Waals surface area contributed by atoms with Crippen molar-refractivity contribution < 1.29 is 14.3 Å². The highest BCUT2D eigenvalue weighted by molar-refractivity contribution is 5.90. The van der Waals surface area contributed by atoms with Crippen LogP contribution in [0.2, 0.25) is 0 Å². The lowest BCUT2D eigenvalue weighted by molar-refractivity contribution is -0.147. The molecule has 1 atom stereocenters. The maximum Gasteiger partial charge on any atom is 0.334 e. The van der Waals surface area contributed by atoms with Gasteiger partial charge in [0.25, 0.3) is 0 Å². The van der Waals surface area contributed by atoms with Crippen LogP contribution >= 0.6 is 0 Å². The van der Waals surface area contributed by atoms with Gasteiger partial charge in [-0.05, 0) is 19.1 Å². The minimum absolute atomic E-state index is 0.285. The molecule has 20 heavy (non-hydrogen) atoms. The number of carbonyl (C=O) groups is 1. The van der Waals surface area contributed by atoms with E-state index in [0.29, 0.717) is 17.7 Å². The van der Waals surface area contributed by atoms with Gasteiger partial charge >= 0.3 is 5.97 Å². The van der Waals surface area contributed by atoms with E-state index in [0.717, 1.165) is 10.9 Å². The maximum absolute atomic E-state index is 11.4. The number of hydrogen-bond acceptors (Lipinski definition) is 4. The first-order valence-electron chi connectivity index (χ1n) is 6.45. The molecule has 1 aliphatic heterocycles. The van der Waals surface area contributed by atoms with Crippen LogP contribution in [0.5, 0.6) is 5.75 Å². The number of aromatic nitrogens is 1. The fourth-order valence-electron chi connectivity index (χ4n) is 2.36. The zero-order valence-corrected chi connectivity index (χ0v) is 11.3. The fourth-order valence-corrected chi connectivity index (χ4v) is 2.36. The summed E-state index contributed by atoms with van der Waals surface area (Å²) in [5.74, 6) is 0.352. The molecular weight excluding hydrogens is 254 g/mol. The van der Waals surface area contributed by atoms with Gasteiger partial charge in [0.1, 0.15) is 23.5 Å². The third kappa shape index (κ3) is 2.25. The first-order valence-corrected chi connectivity index (χ1v) is 6.45. The van der Waals surface area contributed by atoms with Crippen molar-refractivity contribution in [2.24, 2.45) is 0 Å². The lowest BCUT2D eigenvalue weighted by Crippen LogP contribution is -2.32. The molecule has 1 saturated heterocycles. The van der Waals surface area contributed by atoms with E-state index in [9.17, 15) is 4.79 Å². The second-order valence-electron chi connectivity index (χ2n) is 5.24. The molecule has 0 N–H and O–H groups in total. The second-order valence-corrected chi connectivity index (χ2v) is 5.24. The van der Waals surface area contributed by atoms with E-state index in [1.54, 1.807) is 6.20 Å². The number of cyclic esters (lactones) is 1. The third-order valence-corrected chi connectivity index (χ3v) is 3.34. The molecule has 0 bridgehead atoms. The van der Waals surface area contributed by atoms with E-state index in [1.807, 2.05) is 37.3 Å². The quantitative estimate of drug-likeness (QED) is 0.635. The van der Waals surface area contributed by atoms with Gasteiger partial charge < -0.3 is 9.47 Å². The predicted molar refractivity (Wildman–Crippen MR) is 75.5 cm³/mol. The van der Waals surface area contributed by atoms with Crippen LogP contribution < -0.4 is 4.74 Å². The molecule has 2 aromatic rings. The van der Waals surface area contributed by atoms with Crippen LogP contribution in [0.15, 0.2) is 48.7 Å². The van der Waals surface area contributed by atoms with Gasteiger partial charge in [0, 0.05) is 23.6 Å². The summed E-state index contributed by atoms with van der Waals surface area (Å²) >= 11 is 0. The van der Waals surface area contributed by atoms with Gasteiger partial charge in [0.15, 0.2) is 0 Å². The molecule has 1 unspecified atom stereocenters. The molecular formula is C16H15NO3. The minimum atomic E-state index is -0.648. The molecule has 102 valence electrons. The first-order chi connectivity index (χ1) is 9.57. The standard InChI is InChI=1S/C16H15NO3/c1-11-9-16(2,20-15(11)18)10-19-13-7-3-5-12-6-4-8-17-14(12)13/h3-8H,1,9-10H2,2H3. The highest BCUT2D eigenvalue weighted by Gasteiger charge is 2.39. The Morgan fingerprint density at radius 2 is 2.20 bits per heavy atom. The van der Waals surface area contributed by atoms with Gasteiger partial charge in [0.2, 0.25) is 0 Å². The average molecular weight is 269 g/mol. The summed E-state index contributed by atoms with van der Waals surface area (Å²) in [6.45, 7) is 5.83. The zero-order chi connectivity index (χ0) is 14.2. The number of fused-ring (bicyclic) bond motifs is 1. The largest absolute Gasteiger partial charge is 0.487 e. The van der Waals surface area contributed by atoms with E-state index in [4.69, 9.17) is 9.47 Å². The summed E-state index contributed by atoms with van der Waals surface area (Å²) in [7, 11) is 0. The van der Waals surface area contributed by atoms with Crippen LogP contribution in [-0.4, -0.2) is 23.2 Å². The molecule has 4 nitrogen and oxygen atoms in total. The van der Waals surface area contributed by atoms with Crippen molar-refractivity contribution in [1.29, 1.82) is 0 Å². The van der Waals surface area contributed by atoms with Gasteiger partial charge in [-0.2, -0.15) is 0 Å². The van der Waals surface area contributed by atoms with E-state index < -0.39 is 5.60 Å². The van der Waals surface area contributed by atoms with Crippen molar-refractivity contribution in [3.8, 4) is 5.75 Å². The van der Waals surface area contributed by atoms with Gasteiger partial charge in [0.05, 0.1) is 0 Å². The van der Waals surface area contributed by atoms with Crippen LogP contribution in [0.1, 0.15) is 13.3 Å². The fraction of sp³-hybridized carbons (Fsp3) is 0.250. The van der Waals surface area contributed by atoms with Gasteiger partial charge in [-0.15, -0.1) is 0 Å². The SMILES string of the molecule is C=C1CC(C)(COc2cccc3cccnc23)OC1=O. The number of carbonyl (C=O) groups excluding carboxylic acids is 1. The summed E-state index contributed by atoms with van der Waals surface area (Å²) in [5, 5.41) is 1.02. The monoisotopic (exact) mass is 269 g/mol. The summed E-state index contributed by atoms with van der Waals surface area (Å²) < 4.78 is 11.1. The van der Waals surface area contributed by atoms with E-state index in [1.165, 1.54) is 0 Å².